The number of hydrazone groups is 1. The average molecular weight is 518 g/mol. The second-order valence-electron chi connectivity index (χ2n) is 8.25. The van der Waals surface area contributed by atoms with Gasteiger partial charge in [-0.2, -0.15) is 9.82 Å². The van der Waals surface area contributed by atoms with E-state index < -0.39 is 16.1 Å². The number of aryl methyl sites for hydroxylation is 2. The molecule has 0 radical (unpaired) electrons. The van der Waals surface area contributed by atoms with Crippen LogP contribution in [0.25, 0.3) is 0 Å². The van der Waals surface area contributed by atoms with Crippen molar-refractivity contribution in [3.63, 3.8) is 0 Å². The van der Waals surface area contributed by atoms with Crippen molar-refractivity contribution < 1.29 is 13.2 Å². The van der Waals surface area contributed by atoms with E-state index in [9.17, 15) is 8.42 Å². The summed E-state index contributed by atoms with van der Waals surface area (Å²) < 4.78 is 35.0. The maximum atomic E-state index is 13.5. The number of halogens is 2. The second kappa shape index (κ2) is 9.96. The highest BCUT2D eigenvalue weighted by Crippen LogP contribution is 2.34. The number of methoxy groups -OCH3 is 1. The molecule has 0 aliphatic carbocycles. The summed E-state index contributed by atoms with van der Waals surface area (Å²) in [5, 5.41) is 5.33. The molecule has 2 N–H and O–H groups in total. The van der Waals surface area contributed by atoms with Gasteiger partial charge in [-0.05, 0) is 66.4 Å². The molecular weight excluding hydrogens is 493 g/mol. The Morgan fingerprint density at radius 1 is 1.06 bits per heavy atom. The molecule has 2 unspecified atom stereocenters. The van der Waals surface area contributed by atoms with Gasteiger partial charge < -0.3 is 10.2 Å². The van der Waals surface area contributed by atoms with Gasteiger partial charge in [0.25, 0.3) is 0 Å². The van der Waals surface area contributed by atoms with Gasteiger partial charge in [-0.3, -0.25) is 0 Å². The number of hydrogen-bond donors (Lipinski definition) is 2. The van der Waals surface area contributed by atoms with Crippen LogP contribution >= 0.6 is 23.2 Å². The molecule has 6 nitrogen and oxygen atoms in total. The van der Waals surface area contributed by atoms with E-state index in [1.165, 1.54) is 0 Å². The number of nitrogens with zero attached hydrogens (tertiary/aromatic N) is 1. The number of rotatable bonds is 7. The van der Waals surface area contributed by atoms with Gasteiger partial charge in [0.2, 0.25) is 10.0 Å². The van der Waals surface area contributed by atoms with Crippen LogP contribution in [0.2, 0.25) is 10.0 Å². The fraction of sp³-hybridized carbons (Fsp3) is 0.240. The van der Waals surface area contributed by atoms with Crippen LogP contribution in [0.1, 0.15) is 40.8 Å². The van der Waals surface area contributed by atoms with Crippen molar-refractivity contribution in [2.24, 2.45) is 5.10 Å². The summed E-state index contributed by atoms with van der Waals surface area (Å²) >= 11 is 12.6. The standard InChI is InChI=1S/C25H25Cl2N3O3S/c1-15-4-5-16(2)24(12-15)34(31,32)30-25(20-11-8-18(26)13-21(20)27)23-14-22(28-29-23)17-6-9-19(33-3)10-7-17/h4-13,22,25,28,30H,14H2,1-3H3. The van der Waals surface area contributed by atoms with Gasteiger partial charge in [0.1, 0.15) is 5.75 Å². The number of benzene rings is 3. The quantitative estimate of drug-likeness (QED) is 0.419. The molecule has 1 heterocycles. The van der Waals surface area contributed by atoms with Crippen molar-refractivity contribution in [1.82, 2.24) is 10.1 Å². The Hall–Kier alpha value is -2.58. The molecule has 3 aromatic carbocycles. The first-order valence-corrected chi connectivity index (χ1v) is 12.9. The zero-order valence-corrected chi connectivity index (χ0v) is 21.3. The molecule has 0 aromatic heterocycles. The van der Waals surface area contributed by atoms with E-state index in [1.54, 1.807) is 44.4 Å². The first kappa shape index (κ1) is 24.5. The van der Waals surface area contributed by atoms with E-state index in [2.05, 4.69) is 15.2 Å². The van der Waals surface area contributed by atoms with Crippen molar-refractivity contribution in [3.05, 3.63) is 93.0 Å². The molecule has 1 aliphatic heterocycles. The zero-order chi connectivity index (χ0) is 24.5. The Kier molecular flexibility index (Phi) is 7.19. The van der Waals surface area contributed by atoms with Crippen molar-refractivity contribution in [1.29, 1.82) is 0 Å². The smallest absolute Gasteiger partial charge is 0.241 e. The lowest BCUT2D eigenvalue weighted by Crippen LogP contribution is -2.34. The third-order valence-corrected chi connectivity index (χ3v) is 7.94. The number of ether oxygens (including phenoxy) is 1. The molecule has 178 valence electrons. The minimum absolute atomic E-state index is 0.111. The Morgan fingerprint density at radius 3 is 2.47 bits per heavy atom. The van der Waals surface area contributed by atoms with Crippen molar-refractivity contribution in [2.45, 2.75) is 37.2 Å². The molecule has 2 atom stereocenters. The Bertz CT molecular complexity index is 1340. The Morgan fingerprint density at radius 2 is 1.79 bits per heavy atom. The summed E-state index contributed by atoms with van der Waals surface area (Å²) in [6, 6.07) is 17.1. The van der Waals surface area contributed by atoms with Crippen LogP contribution in [0, 0.1) is 13.8 Å². The molecule has 4 rings (SSSR count). The Balaban J connectivity index is 1.68. The third kappa shape index (κ3) is 5.23. The monoisotopic (exact) mass is 517 g/mol. The van der Waals surface area contributed by atoms with E-state index in [4.69, 9.17) is 27.9 Å². The lowest BCUT2D eigenvalue weighted by molar-refractivity contribution is 0.414. The summed E-state index contributed by atoms with van der Waals surface area (Å²) in [5.41, 5.74) is 6.85. The van der Waals surface area contributed by atoms with Crippen LogP contribution in [0.5, 0.6) is 5.75 Å². The zero-order valence-electron chi connectivity index (χ0n) is 19.0. The van der Waals surface area contributed by atoms with Crippen molar-refractivity contribution in [2.75, 3.05) is 7.11 Å². The molecule has 3 aromatic rings. The minimum atomic E-state index is -3.88. The van der Waals surface area contributed by atoms with Crippen LogP contribution in [0.15, 0.2) is 70.7 Å². The van der Waals surface area contributed by atoms with Crippen molar-refractivity contribution >= 4 is 38.9 Å². The lowest BCUT2D eigenvalue weighted by atomic mass is 9.96. The Labute approximate surface area is 210 Å². The van der Waals surface area contributed by atoms with Gasteiger partial charge in [0.15, 0.2) is 0 Å². The SMILES string of the molecule is COc1ccc(C2CC(C(NS(=O)(=O)c3cc(C)ccc3C)c3ccc(Cl)cc3Cl)=NN2)cc1. The molecule has 0 amide bonds. The van der Waals surface area contributed by atoms with Gasteiger partial charge >= 0.3 is 0 Å². The topological polar surface area (TPSA) is 79.8 Å². The molecular formula is C25H25Cl2N3O3S. The van der Waals surface area contributed by atoms with Crippen LogP contribution in [-0.4, -0.2) is 21.2 Å². The molecule has 0 saturated heterocycles. The van der Waals surface area contributed by atoms with E-state index in [1.807, 2.05) is 37.3 Å². The van der Waals surface area contributed by atoms with Crippen LogP contribution in [-0.2, 0) is 10.0 Å². The first-order chi connectivity index (χ1) is 16.2. The van der Waals surface area contributed by atoms with E-state index in [0.29, 0.717) is 33.3 Å². The van der Waals surface area contributed by atoms with Gasteiger partial charge in [-0.1, -0.05) is 53.5 Å². The predicted octanol–water partition coefficient (Wildman–Crippen LogP) is 5.73. The van der Waals surface area contributed by atoms with Crippen LogP contribution < -0.4 is 14.9 Å². The summed E-state index contributed by atoms with van der Waals surface area (Å²) in [4.78, 5) is 0.223. The molecule has 0 saturated carbocycles. The van der Waals surface area contributed by atoms with Gasteiger partial charge in [-0.25, -0.2) is 8.42 Å². The average Bonchev–Trinajstić information content (AvgIpc) is 3.29. The molecule has 1 aliphatic rings. The van der Waals surface area contributed by atoms with Crippen molar-refractivity contribution in [3.8, 4) is 5.75 Å². The highest BCUT2D eigenvalue weighted by Gasteiger charge is 2.32. The summed E-state index contributed by atoms with van der Waals surface area (Å²) in [5.74, 6) is 0.759. The fourth-order valence-electron chi connectivity index (χ4n) is 3.93. The summed E-state index contributed by atoms with van der Waals surface area (Å²) in [6.45, 7) is 3.63. The maximum absolute atomic E-state index is 13.5. The molecule has 9 heteroatoms. The van der Waals surface area contributed by atoms with Gasteiger partial charge in [0, 0.05) is 16.5 Å². The van der Waals surface area contributed by atoms with E-state index in [0.717, 1.165) is 16.9 Å². The fourth-order valence-corrected chi connectivity index (χ4v) is 5.99. The minimum Gasteiger partial charge on any atom is -0.497 e. The largest absolute Gasteiger partial charge is 0.497 e. The van der Waals surface area contributed by atoms with E-state index >= 15 is 0 Å². The third-order valence-electron chi connectivity index (χ3n) is 5.81. The first-order valence-electron chi connectivity index (χ1n) is 10.7. The molecule has 0 bridgehead atoms. The molecule has 0 fully saturated rings. The highest BCUT2D eigenvalue weighted by atomic mass is 35.5. The van der Waals surface area contributed by atoms with Crippen LogP contribution in [0.4, 0.5) is 0 Å². The van der Waals surface area contributed by atoms with E-state index in [-0.39, 0.29) is 10.9 Å². The summed E-state index contributed by atoms with van der Waals surface area (Å²) in [7, 11) is -2.27. The van der Waals surface area contributed by atoms with Crippen LogP contribution in [0.3, 0.4) is 0 Å². The predicted molar refractivity (Wildman–Crippen MR) is 136 cm³/mol. The highest BCUT2D eigenvalue weighted by molar-refractivity contribution is 7.89. The number of nitrogens with one attached hydrogen (secondary N) is 2. The lowest BCUT2D eigenvalue weighted by Gasteiger charge is -2.21. The normalized spacial score (nSPS) is 16.6. The second-order valence-corrected chi connectivity index (χ2v) is 10.8. The van der Waals surface area contributed by atoms with Gasteiger partial charge in [0.05, 0.1) is 29.8 Å². The summed E-state index contributed by atoms with van der Waals surface area (Å²) in [6.07, 6.45) is 0.491. The van der Waals surface area contributed by atoms with Gasteiger partial charge in [-0.15, -0.1) is 0 Å². The number of hydrogen-bond acceptors (Lipinski definition) is 5. The molecule has 34 heavy (non-hydrogen) atoms. The maximum Gasteiger partial charge on any atom is 0.241 e. The number of sulfonamides is 1. The molecule has 0 spiro atoms.